The monoisotopic (exact) mass is 586 g/mol. The van der Waals surface area contributed by atoms with Crippen LogP contribution in [0.15, 0.2) is 23.8 Å². The quantitative estimate of drug-likeness (QED) is 0.221. The van der Waals surface area contributed by atoms with E-state index in [9.17, 15) is 14.3 Å². The number of nitrogens with zero attached hydrogens (tertiary/aromatic N) is 7. The number of aromatic nitrogens is 8. The van der Waals surface area contributed by atoms with Gasteiger partial charge in [0.1, 0.15) is 35.3 Å². The van der Waals surface area contributed by atoms with Crippen LogP contribution in [0.1, 0.15) is 31.7 Å². The molecule has 0 amide bonds. The number of anilines is 2. The summed E-state index contributed by atoms with van der Waals surface area (Å²) in [7, 11) is -4.61. The maximum absolute atomic E-state index is 13.2. The van der Waals surface area contributed by atoms with Crippen LogP contribution in [0, 0.1) is 5.92 Å². The van der Waals surface area contributed by atoms with Gasteiger partial charge in [-0.1, -0.05) is 0 Å². The Balaban J connectivity index is 1.02. The molecule has 8 heterocycles. The van der Waals surface area contributed by atoms with Gasteiger partial charge < -0.3 is 30.6 Å². The largest absolute Gasteiger partial charge is 0.472 e. The number of H-pyrrole nitrogens is 1. The summed E-state index contributed by atoms with van der Waals surface area (Å²) in [6, 6.07) is 0. The second kappa shape index (κ2) is 7.65. The van der Waals surface area contributed by atoms with E-state index in [0.29, 0.717) is 30.4 Å². The predicted octanol–water partition coefficient (Wildman–Crippen LogP) is -0.258. The average molecular weight is 586 g/mol. The molecule has 0 aromatic carbocycles. The van der Waals surface area contributed by atoms with Gasteiger partial charge in [0.25, 0.3) is 5.56 Å². The molecule has 4 aromatic heterocycles. The molecule has 6 unspecified atom stereocenters. The summed E-state index contributed by atoms with van der Waals surface area (Å²) in [5.74, 6) is 0.0698. The van der Waals surface area contributed by atoms with Crippen molar-refractivity contribution in [2.45, 2.75) is 61.2 Å². The Kier molecular flexibility index (Phi) is 4.50. The van der Waals surface area contributed by atoms with E-state index >= 15 is 0 Å². The van der Waals surface area contributed by atoms with Crippen LogP contribution < -0.4 is 17.0 Å². The first-order chi connectivity index (χ1) is 19.7. The fourth-order valence-electron chi connectivity index (χ4n) is 7.26. The van der Waals surface area contributed by atoms with Crippen LogP contribution in [0.4, 0.5) is 11.8 Å². The number of nitrogens with one attached hydrogen (secondary N) is 1. The van der Waals surface area contributed by atoms with Gasteiger partial charge in [-0.25, -0.2) is 24.5 Å². The van der Waals surface area contributed by atoms with Crippen molar-refractivity contribution in [2.24, 2.45) is 5.92 Å². The summed E-state index contributed by atoms with van der Waals surface area (Å²) in [6.07, 6.45) is 2.64. The van der Waals surface area contributed by atoms with Gasteiger partial charge in [-0.05, 0) is 12.8 Å². The molecule has 4 aromatic rings. The molecule has 214 valence electrons. The molecule has 5 aliphatic rings. The lowest BCUT2D eigenvalue weighted by Crippen LogP contribution is -2.51. The van der Waals surface area contributed by atoms with Crippen molar-refractivity contribution < 1.29 is 32.7 Å². The number of rotatable bonds is 2. The summed E-state index contributed by atoms with van der Waals surface area (Å²) >= 11 is 0. The molecular formula is C22H23N10O8P. The van der Waals surface area contributed by atoms with Gasteiger partial charge in [0, 0.05) is 6.42 Å². The van der Waals surface area contributed by atoms with Gasteiger partial charge in [0.15, 0.2) is 35.1 Å². The third kappa shape index (κ3) is 3.04. The molecule has 2 bridgehead atoms. The third-order valence-electron chi connectivity index (χ3n) is 9.00. The smallest absolute Gasteiger partial charge is 0.382 e. The fraction of sp³-hybridized carbons (Fsp3) is 0.545. The Hall–Kier alpha value is -3.51. The average Bonchev–Trinajstić information content (AvgIpc) is 3.54. The molecule has 4 aliphatic heterocycles. The molecule has 9 atom stereocenters. The van der Waals surface area contributed by atoms with E-state index in [4.69, 9.17) is 34.7 Å². The first-order valence-corrected chi connectivity index (χ1v) is 14.5. The summed E-state index contributed by atoms with van der Waals surface area (Å²) in [5, 5.41) is 0. The Bertz CT molecular complexity index is 1880. The molecule has 1 saturated carbocycles. The molecule has 9 rings (SSSR count). The number of fused-ring (bicyclic) bond motifs is 4. The molecule has 2 spiro atoms. The molecule has 1 aliphatic carbocycles. The number of nitrogens with two attached hydrogens (primary N) is 2. The van der Waals surface area contributed by atoms with Gasteiger partial charge in [-0.2, -0.15) is 4.98 Å². The highest BCUT2D eigenvalue weighted by molar-refractivity contribution is 7.47. The van der Waals surface area contributed by atoms with E-state index in [1.165, 1.54) is 17.2 Å². The fourth-order valence-corrected chi connectivity index (χ4v) is 8.21. The topological polar surface area (TPSA) is 243 Å². The Labute approximate surface area is 228 Å². The molecule has 41 heavy (non-hydrogen) atoms. The van der Waals surface area contributed by atoms with E-state index in [2.05, 4.69) is 29.9 Å². The van der Waals surface area contributed by atoms with Crippen LogP contribution >= 0.6 is 7.82 Å². The van der Waals surface area contributed by atoms with Crippen LogP contribution in [0.5, 0.6) is 0 Å². The van der Waals surface area contributed by atoms with E-state index in [1.54, 1.807) is 10.9 Å². The van der Waals surface area contributed by atoms with Crippen molar-refractivity contribution in [1.29, 1.82) is 0 Å². The summed E-state index contributed by atoms with van der Waals surface area (Å²) in [5.41, 5.74) is 10.7. The predicted molar refractivity (Wildman–Crippen MR) is 135 cm³/mol. The van der Waals surface area contributed by atoms with Gasteiger partial charge >= 0.3 is 7.82 Å². The Morgan fingerprint density at radius 3 is 2.71 bits per heavy atom. The zero-order chi connectivity index (χ0) is 27.9. The van der Waals surface area contributed by atoms with Crippen molar-refractivity contribution in [2.75, 3.05) is 18.1 Å². The number of aromatic amines is 1. The number of nitrogen functional groups attached to an aromatic ring is 2. The van der Waals surface area contributed by atoms with Gasteiger partial charge in [-0.15, -0.1) is 0 Å². The minimum absolute atomic E-state index is 0.0571. The highest BCUT2D eigenvalue weighted by Gasteiger charge is 2.94. The molecule has 18 nitrogen and oxygen atoms in total. The molecule has 4 saturated heterocycles. The molecule has 6 N–H and O–H groups in total. The minimum atomic E-state index is -4.61. The van der Waals surface area contributed by atoms with Gasteiger partial charge in [0.05, 0.1) is 31.3 Å². The highest BCUT2D eigenvalue weighted by atomic mass is 31.2. The zero-order valence-corrected chi connectivity index (χ0v) is 22.0. The van der Waals surface area contributed by atoms with Crippen molar-refractivity contribution in [3.8, 4) is 0 Å². The molecule has 19 heteroatoms. The third-order valence-corrected chi connectivity index (χ3v) is 10.00. The number of ether oxygens (including phenoxy) is 3. The lowest BCUT2D eigenvalue weighted by Gasteiger charge is -2.43. The van der Waals surface area contributed by atoms with E-state index < -0.39 is 43.1 Å². The van der Waals surface area contributed by atoms with E-state index in [0.717, 1.165) is 0 Å². The number of hydrogen-bond donors (Lipinski definition) is 4. The summed E-state index contributed by atoms with van der Waals surface area (Å²) in [4.78, 5) is 46.4. The van der Waals surface area contributed by atoms with Crippen molar-refractivity contribution in [3.63, 3.8) is 0 Å². The normalized spacial score (nSPS) is 41.1. The van der Waals surface area contributed by atoms with Crippen molar-refractivity contribution in [1.82, 2.24) is 39.0 Å². The second-order valence-corrected chi connectivity index (χ2v) is 12.4. The molecule has 5 fully saturated rings. The second-order valence-electron chi connectivity index (χ2n) is 11.0. The van der Waals surface area contributed by atoms with Gasteiger partial charge in [-0.3, -0.25) is 28.0 Å². The van der Waals surface area contributed by atoms with Crippen LogP contribution in [0.3, 0.4) is 0 Å². The molecular weight excluding hydrogens is 563 g/mol. The number of imidazole rings is 2. The zero-order valence-electron chi connectivity index (χ0n) is 21.1. The van der Waals surface area contributed by atoms with E-state index in [1.807, 2.05) is 0 Å². The van der Waals surface area contributed by atoms with E-state index in [-0.39, 0.29) is 47.7 Å². The number of phosphoric acid groups is 1. The maximum atomic E-state index is 13.2. The van der Waals surface area contributed by atoms with Crippen LogP contribution in [0.2, 0.25) is 0 Å². The standard InChI is InChI=1S/C22H23N10O8P/c23-14-10-15(26-5-25-14)31(6-27-10)19-12-13-21(38-12)2-1-8-3-9(40-41(34,35)36-4-22(13,21)39-19)18(37-8)32-7-28-11-16(32)29-20(24)30-17(11)33/h5-9,12-13,18-19H,1-4H2,(H,34,35)(H2,23,25,26)(H3,24,29,30,33)/t8-,9+,12?,13?,18?,19?,21?,22-/m1/s1. The van der Waals surface area contributed by atoms with Crippen LogP contribution in [-0.2, 0) is 27.8 Å². The van der Waals surface area contributed by atoms with Crippen LogP contribution in [-0.4, -0.2) is 80.1 Å². The minimum Gasteiger partial charge on any atom is -0.382 e. The summed E-state index contributed by atoms with van der Waals surface area (Å²) < 4.78 is 47.0. The molecule has 0 radical (unpaired) electrons. The Morgan fingerprint density at radius 1 is 1.05 bits per heavy atom. The Morgan fingerprint density at radius 2 is 1.85 bits per heavy atom. The SMILES string of the molecule is Nc1nc2c(ncn2C2O[C@@H]3CCC45OC6C(n7cnc8c(N)ncnc87)O[C@]4(COP(=O)(O)O[C@H]2C3)C65)c(=O)[nH]1. The first kappa shape index (κ1) is 24.1. The number of hydrogen-bond acceptors (Lipinski definition) is 14. The van der Waals surface area contributed by atoms with Crippen molar-refractivity contribution in [3.05, 3.63) is 29.3 Å². The van der Waals surface area contributed by atoms with Crippen LogP contribution in [0.25, 0.3) is 22.3 Å². The van der Waals surface area contributed by atoms with Gasteiger partial charge in [0.2, 0.25) is 5.95 Å². The van der Waals surface area contributed by atoms with Crippen molar-refractivity contribution >= 4 is 41.9 Å². The lowest BCUT2D eigenvalue weighted by molar-refractivity contribution is -0.261. The summed E-state index contributed by atoms with van der Waals surface area (Å²) in [6.45, 7) is -0.216. The maximum Gasteiger partial charge on any atom is 0.472 e. The first-order valence-electron chi connectivity index (χ1n) is 13.0. The lowest BCUT2D eigenvalue weighted by atomic mass is 9.95. The highest BCUT2D eigenvalue weighted by Crippen LogP contribution is 2.79. The number of phosphoric ester groups is 1.